The van der Waals surface area contributed by atoms with Crippen molar-refractivity contribution < 1.29 is 15.0 Å². The van der Waals surface area contributed by atoms with Crippen LogP contribution in [-0.4, -0.2) is 28.3 Å². The summed E-state index contributed by atoms with van der Waals surface area (Å²) < 4.78 is 0. The maximum atomic E-state index is 10.3. The predicted octanol–water partition coefficient (Wildman–Crippen LogP) is 5.82. The summed E-state index contributed by atoms with van der Waals surface area (Å²) in [5.41, 5.74) is 4.38. The molecule has 4 heteroatoms. The van der Waals surface area contributed by atoms with Gasteiger partial charge in [0.1, 0.15) is 0 Å². The monoisotopic (exact) mass is 371 g/mol. The molecule has 0 aromatic carbocycles. The number of allylic oxidation sites excluding steroid dienone is 2. The van der Waals surface area contributed by atoms with Gasteiger partial charge in [0.15, 0.2) is 0 Å². The largest absolute Gasteiger partial charge is 0.481 e. The molecule has 0 radical (unpaired) electrons. The molecule has 0 atom stereocenters. The van der Waals surface area contributed by atoms with Crippen molar-refractivity contribution in [1.82, 2.24) is 0 Å². The zero-order chi connectivity index (χ0) is 20.1. The van der Waals surface area contributed by atoms with Crippen LogP contribution in [0.25, 0.3) is 0 Å². The van der Waals surface area contributed by atoms with Crippen molar-refractivity contribution in [2.45, 2.75) is 116 Å². The van der Waals surface area contributed by atoms with E-state index in [0.29, 0.717) is 13.0 Å². The predicted molar refractivity (Wildman–Crippen MR) is 112 cm³/mol. The van der Waals surface area contributed by atoms with Gasteiger partial charge in [-0.15, -0.1) is 0 Å². The first kappa shape index (κ1) is 27.3. The van der Waals surface area contributed by atoms with E-state index >= 15 is 0 Å². The fourth-order valence-electron chi connectivity index (χ4n) is 2.35. The molecule has 26 heavy (non-hydrogen) atoms. The lowest BCUT2D eigenvalue weighted by atomic mass is 10.1. The van der Waals surface area contributed by atoms with Crippen LogP contribution in [-0.2, 0) is 4.79 Å². The first-order valence-corrected chi connectivity index (χ1v) is 10.6. The molecule has 0 amide bonds. The van der Waals surface area contributed by atoms with E-state index in [0.717, 1.165) is 12.8 Å². The van der Waals surface area contributed by atoms with Crippen LogP contribution in [0.3, 0.4) is 0 Å². The van der Waals surface area contributed by atoms with Crippen molar-refractivity contribution in [2.75, 3.05) is 6.54 Å². The summed E-state index contributed by atoms with van der Waals surface area (Å²) in [7, 11) is 0. The third-order valence-electron chi connectivity index (χ3n) is 4.15. The molecule has 0 unspecified atom stereocenters. The molecule has 0 heterocycles. The molecule has 0 spiro atoms. The van der Waals surface area contributed by atoms with E-state index in [9.17, 15) is 4.79 Å². The summed E-state index contributed by atoms with van der Waals surface area (Å²) in [5, 5.41) is 17.2. The minimum Gasteiger partial charge on any atom is -0.481 e. The van der Waals surface area contributed by atoms with Crippen LogP contribution >= 0.6 is 0 Å². The van der Waals surface area contributed by atoms with E-state index in [4.69, 9.17) is 15.9 Å². The van der Waals surface area contributed by atoms with Gasteiger partial charge in [0.2, 0.25) is 0 Å². The van der Waals surface area contributed by atoms with Crippen molar-refractivity contribution in [2.24, 2.45) is 5.73 Å². The Hall–Kier alpha value is -0.870. The average Bonchev–Trinajstić information content (AvgIpc) is 2.58. The van der Waals surface area contributed by atoms with Gasteiger partial charge >= 0.3 is 5.97 Å². The highest BCUT2D eigenvalue weighted by atomic mass is 16.4. The standard InChI is InChI=1S/C18H34O2.C4H11NO/c1-2-3-4-5-6-7-8-9-10-11-12-13-14-15-16-17-18(19)20;1-4(2,6)3-5/h9-10H,2-8,11-17H2,1H3,(H,19,20);6H,3,5H2,1-2H3/b10-9-;. The molecule has 4 nitrogen and oxygen atoms in total. The van der Waals surface area contributed by atoms with Gasteiger partial charge in [-0.05, 0) is 46.0 Å². The number of nitrogens with two attached hydrogens (primary N) is 1. The smallest absolute Gasteiger partial charge is 0.303 e. The van der Waals surface area contributed by atoms with Crippen molar-refractivity contribution in [3.8, 4) is 0 Å². The number of unbranched alkanes of at least 4 members (excludes halogenated alkanes) is 11. The summed E-state index contributed by atoms with van der Waals surface area (Å²) in [6.07, 6.45) is 21.2. The number of rotatable bonds is 16. The maximum absolute atomic E-state index is 10.3. The van der Waals surface area contributed by atoms with Gasteiger partial charge in [-0.1, -0.05) is 70.4 Å². The van der Waals surface area contributed by atoms with Crippen molar-refractivity contribution >= 4 is 5.97 Å². The zero-order valence-corrected chi connectivity index (χ0v) is 17.6. The molecule has 156 valence electrons. The van der Waals surface area contributed by atoms with Crippen LogP contribution in [0.2, 0.25) is 0 Å². The number of carboxylic acid groups (broad SMARTS) is 1. The second-order valence-electron chi connectivity index (χ2n) is 7.74. The third kappa shape index (κ3) is 31.0. The quantitative estimate of drug-likeness (QED) is 0.236. The Labute approximate surface area is 162 Å². The number of carbonyl (C=O) groups is 1. The van der Waals surface area contributed by atoms with Crippen LogP contribution in [0, 0.1) is 0 Å². The Morgan fingerprint density at radius 1 is 0.846 bits per heavy atom. The Balaban J connectivity index is 0. The van der Waals surface area contributed by atoms with E-state index in [2.05, 4.69) is 19.1 Å². The van der Waals surface area contributed by atoms with Crippen LogP contribution in [0.4, 0.5) is 0 Å². The van der Waals surface area contributed by atoms with Crippen molar-refractivity contribution in [3.05, 3.63) is 12.2 Å². The zero-order valence-electron chi connectivity index (χ0n) is 17.6. The van der Waals surface area contributed by atoms with E-state index < -0.39 is 11.6 Å². The van der Waals surface area contributed by atoms with Gasteiger partial charge in [0, 0.05) is 13.0 Å². The lowest BCUT2D eigenvalue weighted by Crippen LogP contribution is -2.29. The van der Waals surface area contributed by atoms with E-state index in [1.165, 1.54) is 70.6 Å². The number of hydrogen-bond acceptors (Lipinski definition) is 3. The maximum Gasteiger partial charge on any atom is 0.303 e. The first-order valence-electron chi connectivity index (χ1n) is 10.6. The molecular weight excluding hydrogens is 326 g/mol. The van der Waals surface area contributed by atoms with Gasteiger partial charge in [-0.3, -0.25) is 4.79 Å². The lowest BCUT2D eigenvalue weighted by molar-refractivity contribution is -0.137. The SMILES string of the molecule is CC(C)(O)CN.CCCCCCCC/C=C\CCCCCCCC(=O)O. The van der Waals surface area contributed by atoms with Crippen molar-refractivity contribution in [3.63, 3.8) is 0 Å². The molecule has 0 aliphatic heterocycles. The molecular formula is C22H45NO3. The normalized spacial score (nSPS) is 11.4. The van der Waals surface area contributed by atoms with E-state index in [1.54, 1.807) is 13.8 Å². The molecule has 0 aromatic heterocycles. The minimum atomic E-state index is -0.681. The van der Waals surface area contributed by atoms with Crippen molar-refractivity contribution in [1.29, 1.82) is 0 Å². The van der Waals surface area contributed by atoms with Gasteiger partial charge in [0.25, 0.3) is 0 Å². The number of aliphatic carboxylic acids is 1. The Kier molecular flexibility index (Phi) is 21.5. The van der Waals surface area contributed by atoms with Crippen LogP contribution in [0.5, 0.6) is 0 Å². The fraction of sp³-hybridized carbons (Fsp3) is 0.864. The Morgan fingerprint density at radius 2 is 1.23 bits per heavy atom. The highest BCUT2D eigenvalue weighted by molar-refractivity contribution is 5.66. The van der Waals surface area contributed by atoms with Crippen LogP contribution in [0.1, 0.15) is 111 Å². The second kappa shape index (κ2) is 20.4. The molecule has 4 N–H and O–H groups in total. The molecule has 0 aliphatic carbocycles. The van der Waals surface area contributed by atoms with Gasteiger partial charge in [-0.25, -0.2) is 0 Å². The Morgan fingerprint density at radius 3 is 1.62 bits per heavy atom. The molecule has 0 fully saturated rings. The summed E-state index contributed by atoms with van der Waals surface area (Å²) in [6, 6.07) is 0. The summed E-state index contributed by atoms with van der Waals surface area (Å²) in [6.45, 7) is 5.93. The summed E-state index contributed by atoms with van der Waals surface area (Å²) in [5.74, 6) is -0.664. The molecule has 0 aromatic rings. The van der Waals surface area contributed by atoms with Crippen LogP contribution < -0.4 is 5.73 Å². The lowest BCUT2D eigenvalue weighted by Gasteiger charge is -2.11. The third-order valence-corrected chi connectivity index (χ3v) is 4.15. The number of aliphatic hydroxyl groups is 1. The average molecular weight is 372 g/mol. The summed E-state index contributed by atoms with van der Waals surface area (Å²) >= 11 is 0. The molecule has 0 saturated carbocycles. The van der Waals surface area contributed by atoms with E-state index in [-0.39, 0.29) is 0 Å². The topological polar surface area (TPSA) is 83.5 Å². The molecule has 0 aliphatic rings. The van der Waals surface area contributed by atoms with E-state index in [1.807, 2.05) is 0 Å². The number of hydrogen-bond donors (Lipinski definition) is 3. The second-order valence-corrected chi connectivity index (χ2v) is 7.74. The highest BCUT2D eigenvalue weighted by Gasteiger charge is 2.06. The summed E-state index contributed by atoms with van der Waals surface area (Å²) in [4.78, 5) is 10.3. The van der Waals surface area contributed by atoms with Gasteiger partial charge < -0.3 is 15.9 Å². The Bertz CT molecular complexity index is 322. The first-order chi connectivity index (χ1) is 12.3. The molecule has 0 saturated heterocycles. The molecule has 0 rings (SSSR count). The minimum absolute atomic E-state index is 0.326. The van der Waals surface area contributed by atoms with Crippen LogP contribution in [0.15, 0.2) is 12.2 Å². The number of carboxylic acids is 1. The van der Waals surface area contributed by atoms with Gasteiger partial charge in [-0.2, -0.15) is 0 Å². The van der Waals surface area contributed by atoms with Gasteiger partial charge in [0.05, 0.1) is 5.60 Å². The highest BCUT2D eigenvalue weighted by Crippen LogP contribution is 2.09. The fourth-order valence-corrected chi connectivity index (χ4v) is 2.35. The molecule has 0 bridgehead atoms.